The second-order valence-corrected chi connectivity index (χ2v) is 6.90. The first kappa shape index (κ1) is 15.0. The first-order valence-corrected chi connectivity index (χ1v) is 8.14. The molecule has 0 aliphatic carbocycles. The molecule has 1 aromatic rings. The van der Waals surface area contributed by atoms with Crippen LogP contribution in [0.4, 0.5) is 0 Å². The van der Waals surface area contributed by atoms with E-state index >= 15 is 0 Å². The van der Waals surface area contributed by atoms with Gasteiger partial charge in [0.25, 0.3) is 0 Å². The van der Waals surface area contributed by atoms with Crippen molar-refractivity contribution in [2.75, 3.05) is 47.3 Å². The summed E-state index contributed by atoms with van der Waals surface area (Å²) >= 11 is 1.86. The second-order valence-electron chi connectivity index (χ2n) is 5.92. The lowest BCUT2D eigenvalue weighted by atomic mass is 9.98. The number of nitrogens with one attached hydrogen (secondary N) is 1. The van der Waals surface area contributed by atoms with Crippen LogP contribution in [0.15, 0.2) is 17.5 Å². The van der Waals surface area contributed by atoms with Crippen LogP contribution in [0.1, 0.15) is 23.8 Å². The van der Waals surface area contributed by atoms with Crippen LogP contribution in [-0.2, 0) is 0 Å². The molecule has 1 aliphatic rings. The molecule has 1 N–H and O–H groups in total. The molecule has 0 amide bonds. The first-order valence-electron chi connectivity index (χ1n) is 7.26. The summed E-state index contributed by atoms with van der Waals surface area (Å²) in [5.41, 5.74) is 0. The van der Waals surface area contributed by atoms with E-state index in [1.807, 2.05) is 11.3 Å². The monoisotopic (exact) mass is 281 g/mol. The third-order valence-electron chi connectivity index (χ3n) is 3.99. The van der Waals surface area contributed by atoms with Crippen molar-refractivity contribution < 1.29 is 0 Å². The van der Waals surface area contributed by atoms with Crippen molar-refractivity contribution in [3.63, 3.8) is 0 Å². The molecule has 0 bridgehead atoms. The predicted molar refractivity (Wildman–Crippen MR) is 83.8 cm³/mol. The van der Waals surface area contributed by atoms with Gasteiger partial charge in [0.2, 0.25) is 0 Å². The number of hydrogen-bond donors (Lipinski definition) is 1. The highest BCUT2D eigenvalue weighted by molar-refractivity contribution is 7.10. The van der Waals surface area contributed by atoms with Crippen LogP contribution in [0.5, 0.6) is 0 Å². The topological polar surface area (TPSA) is 18.5 Å². The summed E-state index contributed by atoms with van der Waals surface area (Å²) < 4.78 is 0. The number of nitrogens with zero attached hydrogens (tertiary/aromatic N) is 2. The maximum Gasteiger partial charge on any atom is 0.0561 e. The van der Waals surface area contributed by atoms with Gasteiger partial charge in [-0.15, -0.1) is 11.3 Å². The Morgan fingerprint density at radius 1 is 1.53 bits per heavy atom. The lowest BCUT2D eigenvalue weighted by molar-refractivity contribution is 0.201. The molecule has 0 spiro atoms. The van der Waals surface area contributed by atoms with E-state index < -0.39 is 0 Å². The molecule has 1 fully saturated rings. The molecule has 0 aromatic carbocycles. The zero-order valence-electron chi connectivity index (χ0n) is 12.4. The Kier molecular flexibility index (Phi) is 5.82. The van der Waals surface area contributed by atoms with Gasteiger partial charge in [-0.2, -0.15) is 0 Å². The lowest BCUT2D eigenvalue weighted by Crippen LogP contribution is -2.39. The minimum absolute atomic E-state index is 0.501. The summed E-state index contributed by atoms with van der Waals surface area (Å²) in [5.74, 6) is 0.824. The van der Waals surface area contributed by atoms with Crippen LogP contribution in [0.25, 0.3) is 0 Å². The molecular formula is C15H27N3S. The zero-order chi connectivity index (χ0) is 13.7. The van der Waals surface area contributed by atoms with E-state index in [1.165, 1.54) is 30.8 Å². The van der Waals surface area contributed by atoms with Crippen molar-refractivity contribution in [2.45, 2.75) is 18.9 Å². The van der Waals surface area contributed by atoms with Crippen molar-refractivity contribution in [3.05, 3.63) is 22.4 Å². The summed E-state index contributed by atoms with van der Waals surface area (Å²) in [6.07, 6.45) is 2.73. The Balaban J connectivity index is 1.76. The average Bonchev–Trinajstić information content (AvgIpc) is 2.88. The Morgan fingerprint density at radius 3 is 3.00 bits per heavy atom. The van der Waals surface area contributed by atoms with Crippen LogP contribution in [-0.4, -0.2) is 57.1 Å². The van der Waals surface area contributed by atoms with E-state index in [0.29, 0.717) is 6.04 Å². The number of hydrogen-bond acceptors (Lipinski definition) is 4. The molecule has 0 radical (unpaired) electrons. The Labute approximate surface area is 121 Å². The van der Waals surface area contributed by atoms with E-state index in [0.717, 1.165) is 19.0 Å². The summed E-state index contributed by atoms with van der Waals surface area (Å²) in [7, 11) is 6.57. The van der Waals surface area contributed by atoms with Gasteiger partial charge in [-0.25, -0.2) is 0 Å². The molecule has 108 valence electrons. The quantitative estimate of drug-likeness (QED) is 0.863. The fraction of sp³-hybridized carbons (Fsp3) is 0.733. The molecule has 4 heteroatoms. The van der Waals surface area contributed by atoms with Gasteiger partial charge in [0.05, 0.1) is 6.04 Å². The Hall–Kier alpha value is -0.420. The van der Waals surface area contributed by atoms with Crippen molar-refractivity contribution in [1.29, 1.82) is 0 Å². The van der Waals surface area contributed by atoms with E-state index in [1.54, 1.807) is 0 Å². The SMILES string of the molecule is CN1CCCC(CNCC(c2cccs2)N(C)C)C1. The summed E-state index contributed by atoms with van der Waals surface area (Å²) in [6, 6.07) is 4.89. The van der Waals surface area contributed by atoms with E-state index in [2.05, 4.69) is 53.8 Å². The standard InChI is InChI=1S/C15H27N3S/c1-17(2)14(15-7-5-9-19-15)11-16-10-13-6-4-8-18(3)12-13/h5,7,9,13-14,16H,4,6,8,10-12H2,1-3H3. The zero-order valence-corrected chi connectivity index (χ0v) is 13.2. The minimum Gasteiger partial charge on any atom is -0.314 e. The highest BCUT2D eigenvalue weighted by atomic mass is 32.1. The maximum absolute atomic E-state index is 3.68. The summed E-state index contributed by atoms with van der Waals surface area (Å²) in [4.78, 5) is 6.22. The van der Waals surface area contributed by atoms with Gasteiger partial charge >= 0.3 is 0 Å². The number of rotatable bonds is 6. The van der Waals surface area contributed by atoms with Gasteiger partial charge in [0, 0.05) is 18.0 Å². The molecule has 19 heavy (non-hydrogen) atoms. The van der Waals surface area contributed by atoms with Crippen molar-refractivity contribution in [3.8, 4) is 0 Å². The molecule has 2 atom stereocenters. The van der Waals surface area contributed by atoms with Gasteiger partial charge in [-0.05, 0) is 64.4 Å². The van der Waals surface area contributed by atoms with Gasteiger partial charge < -0.3 is 15.1 Å². The van der Waals surface area contributed by atoms with Crippen molar-refractivity contribution >= 4 is 11.3 Å². The Bertz CT molecular complexity index is 350. The molecule has 1 aromatic heterocycles. The van der Waals surface area contributed by atoms with E-state index in [4.69, 9.17) is 0 Å². The van der Waals surface area contributed by atoms with Crippen LogP contribution >= 0.6 is 11.3 Å². The molecule has 1 aliphatic heterocycles. The summed E-state index contributed by atoms with van der Waals surface area (Å²) in [6.45, 7) is 4.72. The number of likely N-dealkylation sites (tertiary alicyclic amines) is 1. The molecule has 1 saturated heterocycles. The van der Waals surface area contributed by atoms with Crippen molar-refractivity contribution in [2.24, 2.45) is 5.92 Å². The molecule has 0 saturated carbocycles. The van der Waals surface area contributed by atoms with Crippen LogP contribution in [0.3, 0.4) is 0 Å². The average molecular weight is 281 g/mol. The minimum atomic E-state index is 0.501. The van der Waals surface area contributed by atoms with E-state index in [-0.39, 0.29) is 0 Å². The third-order valence-corrected chi connectivity index (χ3v) is 4.96. The van der Waals surface area contributed by atoms with Crippen LogP contribution in [0.2, 0.25) is 0 Å². The molecule has 3 nitrogen and oxygen atoms in total. The lowest BCUT2D eigenvalue weighted by Gasteiger charge is -2.31. The Morgan fingerprint density at radius 2 is 2.37 bits per heavy atom. The molecule has 2 unspecified atom stereocenters. The van der Waals surface area contributed by atoms with Gasteiger partial charge in [-0.3, -0.25) is 0 Å². The molecule has 2 rings (SSSR count). The fourth-order valence-corrected chi connectivity index (χ4v) is 3.81. The van der Waals surface area contributed by atoms with Crippen molar-refractivity contribution in [1.82, 2.24) is 15.1 Å². The highest BCUT2D eigenvalue weighted by Gasteiger charge is 2.18. The summed E-state index contributed by atoms with van der Waals surface area (Å²) in [5, 5.41) is 5.85. The van der Waals surface area contributed by atoms with Crippen LogP contribution < -0.4 is 5.32 Å². The smallest absolute Gasteiger partial charge is 0.0561 e. The highest BCUT2D eigenvalue weighted by Crippen LogP contribution is 2.22. The molecule has 2 heterocycles. The van der Waals surface area contributed by atoms with Gasteiger partial charge in [0.15, 0.2) is 0 Å². The fourth-order valence-electron chi connectivity index (χ4n) is 2.88. The van der Waals surface area contributed by atoms with Gasteiger partial charge in [-0.1, -0.05) is 6.07 Å². The van der Waals surface area contributed by atoms with Gasteiger partial charge in [0.1, 0.15) is 0 Å². The second kappa shape index (κ2) is 7.39. The first-order chi connectivity index (χ1) is 9.16. The third kappa shape index (κ3) is 4.56. The largest absolute Gasteiger partial charge is 0.314 e. The number of likely N-dealkylation sites (N-methyl/N-ethyl adjacent to an activating group) is 1. The normalized spacial score (nSPS) is 22.8. The maximum atomic E-state index is 3.68. The number of piperidine rings is 1. The molecular weight excluding hydrogens is 254 g/mol. The predicted octanol–water partition coefficient (Wildman–Crippen LogP) is 2.28. The van der Waals surface area contributed by atoms with Crippen LogP contribution in [0, 0.1) is 5.92 Å². The number of thiophene rings is 1. The van der Waals surface area contributed by atoms with E-state index in [9.17, 15) is 0 Å².